The van der Waals surface area contributed by atoms with E-state index in [4.69, 9.17) is 5.11 Å². The zero-order chi connectivity index (χ0) is 13.0. The summed E-state index contributed by atoms with van der Waals surface area (Å²) in [7, 11) is 0. The van der Waals surface area contributed by atoms with Gasteiger partial charge < -0.3 is 15.3 Å². The van der Waals surface area contributed by atoms with Gasteiger partial charge in [0.05, 0.1) is 5.41 Å². The fourth-order valence-electron chi connectivity index (χ4n) is 3.59. The van der Waals surface area contributed by atoms with E-state index in [1.165, 1.54) is 25.7 Å². The van der Waals surface area contributed by atoms with Crippen LogP contribution in [-0.2, 0) is 4.79 Å². The van der Waals surface area contributed by atoms with Crippen molar-refractivity contribution in [3.8, 4) is 0 Å². The lowest BCUT2D eigenvalue weighted by Crippen LogP contribution is -2.67. The van der Waals surface area contributed by atoms with Gasteiger partial charge in [-0.2, -0.15) is 0 Å². The Hall–Kier alpha value is -0.610. The molecule has 1 saturated heterocycles. The predicted octanol–water partition coefficient (Wildman–Crippen LogP) is 1.31. The molecule has 4 heteroatoms. The molecule has 18 heavy (non-hydrogen) atoms. The molecule has 2 N–H and O–H groups in total. The zero-order valence-corrected chi connectivity index (χ0v) is 11.4. The maximum Gasteiger partial charge on any atom is 0.310 e. The normalized spacial score (nSPS) is 27.9. The largest absolute Gasteiger partial charge is 0.481 e. The highest BCUT2D eigenvalue weighted by molar-refractivity contribution is 5.73. The van der Waals surface area contributed by atoms with E-state index >= 15 is 0 Å². The lowest BCUT2D eigenvalue weighted by atomic mass is 9.60. The second-order valence-electron chi connectivity index (χ2n) is 7.38. The minimum Gasteiger partial charge on any atom is -0.481 e. The summed E-state index contributed by atoms with van der Waals surface area (Å²) in [6.07, 6.45) is 5.33. The summed E-state index contributed by atoms with van der Waals surface area (Å²) in [4.78, 5) is 13.4. The number of hydrogen-bond acceptors (Lipinski definition) is 3. The third-order valence-electron chi connectivity index (χ3n) is 4.72. The summed E-state index contributed by atoms with van der Waals surface area (Å²) in [6.45, 7) is 6.53. The third-order valence-corrected chi connectivity index (χ3v) is 4.72. The van der Waals surface area contributed by atoms with Crippen LogP contribution in [0.25, 0.3) is 0 Å². The van der Waals surface area contributed by atoms with E-state index in [1.54, 1.807) is 0 Å². The number of carboxylic acid groups (broad SMARTS) is 1. The molecular formula is C14H24N2O2. The van der Waals surface area contributed by atoms with Crippen LogP contribution in [0.1, 0.15) is 39.5 Å². The van der Waals surface area contributed by atoms with Crippen LogP contribution in [0.2, 0.25) is 0 Å². The monoisotopic (exact) mass is 252 g/mol. The van der Waals surface area contributed by atoms with E-state index in [1.807, 2.05) is 13.8 Å². The van der Waals surface area contributed by atoms with Crippen molar-refractivity contribution in [3.05, 3.63) is 0 Å². The SMILES string of the molecule is CC(C)(CN1CC2(CC(NC3CC3)C2)C1)C(=O)O. The molecule has 1 spiro atoms. The Balaban J connectivity index is 1.40. The second-order valence-corrected chi connectivity index (χ2v) is 7.38. The van der Waals surface area contributed by atoms with Crippen molar-refractivity contribution in [2.75, 3.05) is 19.6 Å². The highest BCUT2D eigenvalue weighted by atomic mass is 16.4. The Morgan fingerprint density at radius 1 is 1.33 bits per heavy atom. The molecule has 0 radical (unpaired) electrons. The number of carboxylic acids is 1. The van der Waals surface area contributed by atoms with Gasteiger partial charge in [-0.1, -0.05) is 0 Å². The fourth-order valence-corrected chi connectivity index (χ4v) is 3.59. The molecule has 3 fully saturated rings. The van der Waals surface area contributed by atoms with Gasteiger partial charge in [0.15, 0.2) is 0 Å². The molecule has 3 aliphatic rings. The van der Waals surface area contributed by atoms with Gasteiger partial charge in [-0.05, 0) is 44.9 Å². The van der Waals surface area contributed by atoms with Gasteiger partial charge in [0, 0.05) is 31.7 Å². The highest BCUT2D eigenvalue weighted by Gasteiger charge is 2.53. The van der Waals surface area contributed by atoms with Gasteiger partial charge in [0.2, 0.25) is 0 Å². The van der Waals surface area contributed by atoms with Crippen molar-refractivity contribution in [3.63, 3.8) is 0 Å². The Labute approximate surface area is 109 Å². The van der Waals surface area contributed by atoms with Crippen molar-refractivity contribution in [2.45, 2.75) is 51.6 Å². The van der Waals surface area contributed by atoms with E-state index < -0.39 is 11.4 Å². The maximum atomic E-state index is 11.1. The number of rotatable bonds is 5. The minimum atomic E-state index is -0.690. The van der Waals surface area contributed by atoms with E-state index in [0.29, 0.717) is 12.0 Å². The lowest BCUT2D eigenvalue weighted by Gasteiger charge is -2.60. The quantitative estimate of drug-likeness (QED) is 0.775. The first-order valence-electron chi connectivity index (χ1n) is 7.10. The molecule has 1 aliphatic heterocycles. The molecule has 0 aromatic heterocycles. The molecule has 4 nitrogen and oxygen atoms in total. The van der Waals surface area contributed by atoms with Crippen LogP contribution in [0.15, 0.2) is 0 Å². The highest BCUT2D eigenvalue weighted by Crippen LogP contribution is 2.49. The Morgan fingerprint density at radius 2 is 1.94 bits per heavy atom. The molecular weight excluding hydrogens is 228 g/mol. The molecule has 3 rings (SSSR count). The average molecular weight is 252 g/mol. The lowest BCUT2D eigenvalue weighted by molar-refractivity contribution is -0.152. The van der Waals surface area contributed by atoms with Crippen LogP contribution >= 0.6 is 0 Å². The molecule has 0 unspecified atom stereocenters. The van der Waals surface area contributed by atoms with Gasteiger partial charge in [0.25, 0.3) is 0 Å². The second kappa shape index (κ2) is 3.94. The molecule has 0 bridgehead atoms. The topological polar surface area (TPSA) is 52.6 Å². The van der Waals surface area contributed by atoms with Crippen LogP contribution in [0, 0.1) is 10.8 Å². The predicted molar refractivity (Wildman–Crippen MR) is 69.5 cm³/mol. The van der Waals surface area contributed by atoms with Crippen molar-refractivity contribution in [1.29, 1.82) is 0 Å². The maximum absolute atomic E-state index is 11.1. The number of hydrogen-bond donors (Lipinski definition) is 2. The van der Waals surface area contributed by atoms with Crippen LogP contribution in [0.4, 0.5) is 0 Å². The minimum absolute atomic E-state index is 0.529. The van der Waals surface area contributed by atoms with Crippen molar-refractivity contribution in [2.24, 2.45) is 10.8 Å². The van der Waals surface area contributed by atoms with Gasteiger partial charge in [-0.15, -0.1) is 0 Å². The summed E-state index contributed by atoms with van der Waals surface area (Å²) in [5, 5.41) is 12.8. The first kappa shape index (κ1) is 12.4. The van der Waals surface area contributed by atoms with Crippen LogP contribution in [0.5, 0.6) is 0 Å². The van der Waals surface area contributed by atoms with Gasteiger partial charge >= 0.3 is 5.97 Å². The summed E-state index contributed by atoms with van der Waals surface area (Å²) in [6, 6.07) is 1.56. The van der Waals surface area contributed by atoms with Gasteiger partial charge in [-0.25, -0.2) is 0 Å². The summed E-state index contributed by atoms with van der Waals surface area (Å²) in [5.74, 6) is -0.690. The Kier molecular flexibility index (Phi) is 2.72. The molecule has 0 atom stereocenters. The fraction of sp³-hybridized carbons (Fsp3) is 0.929. The standard InChI is InChI=1S/C14H24N2O2/c1-13(2,12(17)18)7-16-8-14(9-16)5-11(6-14)15-10-3-4-10/h10-11,15H,3-9H2,1-2H3,(H,17,18). The van der Waals surface area contributed by atoms with Gasteiger partial charge in [0.1, 0.15) is 0 Å². The first-order valence-corrected chi connectivity index (χ1v) is 7.10. The Morgan fingerprint density at radius 3 is 2.44 bits per heavy atom. The van der Waals surface area contributed by atoms with Crippen LogP contribution < -0.4 is 5.32 Å². The molecule has 0 aromatic rings. The van der Waals surface area contributed by atoms with Crippen molar-refractivity contribution in [1.82, 2.24) is 10.2 Å². The van der Waals surface area contributed by atoms with E-state index in [9.17, 15) is 4.79 Å². The number of nitrogens with zero attached hydrogens (tertiary/aromatic N) is 1. The summed E-state index contributed by atoms with van der Waals surface area (Å²) < 4.78 is 0. The molecule has 2 aliphatic carbocycles. The van der Waals surface area contributed by atoms with E-state index in [0.717, 1.165) is 25.2 Å². The third kappa shape index (κ3) is 2.28. The van der Waals surface area contributed by atoms with Crippen LogP contribution in [0.3, 0.4) is 0 Å². The number of carbonyl (C=O) groups is 1. The first-order chi connectivity index (χ1) is 8.39. The average Bonchev–Trinajstić information content (AvgIpc) is 2.94. The van der Waals surface area contributed by atoms with Crippen molar-refractivity contribution >= 4 is 5.97 Å². The zero-order valence-electron chi connectivity index (χ0n) is 11.4. The summed E-state index contributed by atoms with van der Waals surface area (Å²) >= 11 is 0. The molecule has 102 valence electrons. The van der Waals surface area contributed by atoms with Crippen molar-refractivity contribution < 1.29 is 9.90 Å². The number of aliphatic carboxylic acids is 1. The van der Waals surface area contributed by atoms with Crippen LogP contribution in [-0.4, -0.2) is 47.7 Å². The Bertz CT molecular complexity index is 349. The molecule has 0 amide bonds. The van der Waals surface area contributed by atoms with E-state index in [2.05, 4.69) is 10.2 Å². The van der Waals surface area contributed by atoms with Gasteiger partial charge in [-0.3, -0.25) is 4.79 Å². The number of nitrogens with one attached hydrogen (secondary N) is 1. The number of likely N-dealkylation sites (tertiary alicyclic amines) is 1. The summed E-state index contributed by atoms with van der Waals surface area (Å²) in [5.41, 5.74) is -0.0852. The molecule has 1 heterocycles. The molecule has 0 aromatic carbocycles. The smallest absolute Gasteiger partial charge is 0.310 e. The molecule has 2 saturated carbocycles. The van der Waals surface area contributed by atoms with E-state index in [-0.39, 0.29) is 0 Å².